The van der Waals surface area contributed by atoms with Crippen molar-refractivity contribution in [2.24, 2.45) is 11.8 Å². The molecule has 0 saturated heterocycles. The Morgan fingerprint density at radius 3 is 2.80 bits per heavy atom. The lowest BCUT2D eigenvalue weighted by atomic mass is 9.84. The zero-order chi connectivity index (χ0) is 18.1. The Hall–Kier alpha value is -2.90. The van der Waals surface area contributed by atoms with Gasteiger partial charge in [-0.05, 0) is 25.5 Å². The molecule has 2 aliphatic rings. The molecule has 0 spiro atoms. The predicted molar refractivity (Wildman–Crippen MR) is 82.4 cm³/mol. The number of nitrogens with one attached hydrogen (secondary N) is 1. The molecule has 0 radical (unpaired) electrons. The minimum Gasteiger partial charge on any atom is -0.478 e. The molecule has 132 valence electrons. The van der Waals surface area contributed by atoms with Crippen LogP contribution in [0.1, 0.15) is 13.3 Å². The second kappa shape index (κ2) is 6.54. The zero-order valence-corrected chi connectivity index (χ0v) is 13.2. The molecule has 0 aromatic heterocycles. The second-order valence-electron chi connectivity index (χ2n) is 5.85. The Balaban J connectivity index is 1.72. The second-order valence-corrected chi connectivity index (χ2v) is 5.85. The Morgan fingerprint density at radius 1 is 1.36 bits per heavy atom. The van der Waals surface area contributed by atoms with Gasteiger partial charge in [-0.3, -0.25) is 5.32 Å². The fourth-order valence-corrected chi connectivity index (χ4v) is 3.10. The highest BCUT2D eigenvalue weighted by Crippen LogP contribution is 2.43. The number of fused-ring (bicyclic) bond motifs is 1. The molecule has 8 heteroatoms. The maximum atomic E-state index is 13.6. The highest BCUT2D eigenvalue weighted by atomic mass is 19.1. The lowest BCUT2D eigenvalue weighted by Crippen LogP contribution is -2.38. The number of hydrogen-bond acceptors (Lipinski definition) is 4. The van der Waals surface area contributed by atoms with E-state index in [1.165, 1.54) is 0 Å². The van der Waals surface area contributed by atoms with Crippen LogP contribution in [0.25, 0.3) is 0 Å². The van der Waals surface area contributed by atoms with E-state index in [-0.39, 0.29) is 17.2 Å². The number of halogens is 2. The van der Waals surface area contributed by atoms with E-state index in [2.05, 4.69) is 5.32 Å². The number of rotatable bonds is 3. The first kappa shape index (κ1) is 16.9. The average Bonchev–Trinajstić information content (AvgIpc) is 2.92. The zero-order valence-electron chi connectivity index (χ0n) is 13.2. The topological polar surface area (TPSA) is 84.9 Å². The van der Waals surface area contributed by atoms with Crippen molar-refractivity contribution in [2.75, 3.05) is 5.32 Å². The van der Waals surface area contributed by atoms with Crippen molar-refractivity contribution in [1.82, 2.24) is 0 Å². The van der Waals surface area contributed by atoms with E-state index < -0.39 is 35.9 Å². The lowest BCUT2D eigenvalue weighted by molar-refractivity contribution is -0.138. The number of anilines is 1. The SMILES string of the molecule is CC1=CCC2C(C(=O)O)=COC(OC(=O)Nc3ccc(F)cc3F)C12. The Morgan fingerprint density at radius 2 is 2.12 bits per heavy atom. The van der Waals surface area contributed by atoms with Gasteiger partial charge in [0.1, 0.15) is 11.6 Å². The number of carboxylic acid groups (broad SMARTS) is 1. The number of carboxylic acids is 1. The van der Waals surface area contributed by atoms with Crippen molar-refractivity contribution in [3.63, 3.8) is 0 Å². The van der Waals surface area contributed by atoms with Crippen LogP contribution in [0.2, 0.25) is 0 Å². The summed E-state index contributed by atoms with van der Waals surface area (Å²) >= 11 is 0. The van der Waals surface area contributed by atoms with Crippen LogP contribution in [0, 0.1) is 23.5 Å². The van der Waals surface area contributed by atoms with Crippen LogP contribution in [0.4, 0.5) is 19.3 Å². The van der Waals surface area contributed by atoms with E-state index in [4.69, 9.17) is 9.47 Å². The number of amides is 1. The van der Waals surface area contributed by atoms with Crippen molar-refractivity contribution >= 4 is 17.7 Å². The third-order valence-corrected chi connectivity index (χ3v) is 4.31. The van der Waals surface area contributed by atoms with Crippen LogP contribution in [0.15, 0.2) is 41.7 Å². The Kier molecular flexibility index (Phi) is 4.43. The van der Waals surface area contributed by atoms with Gasteiger partial charge in [0.25, 0.3) is 6.29 Å². The van der Waals surface area contributed by atoms with Crippen molar-refractivity contribution in [1.29, 1.82) is 0 Å². The third kappa shape index (κ3) is 3.33. The molecule has 6 nitrogen and oxygen atoms in total. The van der Waals surface area contributed by atoms with Gasteiger partial charge in [0.15, 0.2) is 0 Å². The predicted octanol–water partition coefficient (Wildman–Crippen LogP) is 3.42. The Bertz CT molecular complexity index is 789. The standard InChI is InChI=1S/C17H15F2NO5/c1-8-2-4-10-11(15(21)22)7-24-16(14(8)10)25-17(23)20-13-5-3-9(18)6-12(13)19/h2-3,5-7,10,14,16H,4H2,1H3,(H,20,23)(H,21,22). The minimum absolute atomic E-state index is 0.114. The highest BCUT2D eigenvalue weighted by molar-refractivity contribution is 5.87. The fourth-order valence-electron chi connectivity index (χ4n) is 3.10. The van der Waals surface area contributed by atoms with Gasteiger partial charge >= 0.3 is 12.1 Å². The summed E-state index contributed by atoms with van der Waals surface area (Å²) in [6.07, 6.45) is 1.43. The maximum absolute atomic E-state index is 13.6. The van der Waals surface area contributed by atoms with Gasteiger partial charge in [0.05, 0.1) is 23.4 Å². The molecular formula is C17H15F2NO5. The number of benzene rings is 1. The summed E-state index contributed by atoms with van der Waals surface area (Å²) < 4.78 is 36.9. The average molecular weight is 351 g/mol. The Labute approximate surface area is 141 Å². The monoisotopic (exact) mass is 351 g/mol. The van der Waals surface area contributed by atoms with Crippen LogP contribution in [0.3, 0.4) is 0 Å². The molecule has 0 bridgehead atoms. The molecule has 1 aromatic carbocycles. The van der Waals surface area contributed by atoms with Gasteiger partial charge in [-0.15, -0.1) is 0 Å². The van der Waals surface area contributed by atoms with E-state index in [0.29, 0.717) is 12.5 Å². The fraction of sp³-hybridized carbons (Fsp3) is 0.294. The molecule has 1 aliphatic heterocycles. The van der Waals surface area contributed by atoms with Crippen molar-refractivity contribution in [2.45, 2.75) is 19.6 Å². The number of carbonyl (C=O) groups excluding carboxylic acids is 1. The van der Waals surface area contributed by atoms with Crippen LogP contribution < -0.4 is 5.32 Å². The summed E-state index contributed by atoms with van der Waals surface area (Å²) in [7, 11) is 0. The summed E-state index contributed by atoms with van der Waals surface area (Å²) in [5.41, 5.74) is 0.727. The molecule has 0 fully saturated rings. The van der Waals surface area contributed by atoms with Crippen LogP contribution >= 0.6 is 0 Å². The first-order chi connectivity index (χ1) is 11.9. The molecule has 0 saturated carbocycles. The molecule has 1 aliphatic carbocycles. The molecule has 3 unspecified atom stereocenters. The van der Waals surface area contributed by atoms with Gasteiger partial charge in [-0.2, -0.15) is 0 Å². The lowest BCUT2D eigenvalue weighted by Gasteiger charge is -2.33. The summed E-state index contributed by atoms with van der Waals surface area (Å²) in [4.78, 5) is 23.3. The van der Waals surface area contributed by atoms with Crippen LogP contribution in [-0.4, -0.2) is 23.5 Å². The normalized spacial score (nSPS) is 24.5. The molecule has 2 N–H and O–H groups in total. The maximum Gasteiger partial charge on any atom is 0.414 e. The summed E-state index contributed by atoms with van der Waals surface area (Å²) in [5, 5.41) is 11.4. The van der Waals surface area contributed by atoms with Gasteiger partial charge in [0.2, 0.25) is 0 Å². The highest BCUT2D eigenvalue weighted by Gasteiger charge is 2.44. The summed E-state index contributed by atoms with van der Waals surface area (Å²) in [6.45, 7) is 1.80. The van der Waals surface area contributed by atoms with Gasteiger partial charge in [-0.1, -0.05) is 11.6 Å². The minimum atomic E-state index is -1.09. The molecule has 25 heavy (non-hydrogen) atoms. The molecule has 1 aromatic rings. The number of ether oxygens (including phenoxy) is 2. The quantitative estimate of drug-likeness (QED) is 0.815. The van der Waals surface area contributed by atoms with Gasteiger partial charge in [0, 0.05) is 12.0 Å². The van der Waals surface area contributed by atoms with E-state index in [9.17, 15) is 23.5 Å². The van der Waals surface area contributed by atoms with Crippen molar-refractivity contribution < 1.29 is 33.0 Å². The first-order valence-corrected chi connectivity index (χ1v) is 7.55. The van der Waals surface area contributed by atoms with Crippen LogP contribution in [0.5, 0.6) is 0 Å². The largest absolute Gasteiger partial charge is 0.478 e. The first-order valence-electron chi connectivity index (χ1n) is 7.55. The van der Waals surface area contributed by atoms with E-state index in [1.54, 1.807) is 6.92 Å². The van der Waals surface area contributed by atoms with E-state index in [1.807, 2.05) is 6.08 Å². The molecule has 3 rings (SSSR count). The molecular weight excluding hydrogens is 336 g/mol. The number of hydrogen-bond donors (Lipinski definition) is 2. The van der Waals surface area contributed by atoms with Crippen molar-refractivity contribution in [3.05, 3.63) is 53.3 Å². The van der Waals surface area contributed by atoms with E-state index in [0.717, 1.165) is 24.0 Å². The van der Waals surface area contributed by atoms with Crippen LogP contribution in [-0.2, 0) is 14.3 Å². The smallest absolute Gasteiger partial charge is 0.414 e. The van der Waals surface area contributed by atoms with E-state index >= 15 is 0 Å². The number of carbonyl (C=O) groups is 2. The number of allylic oxidation sites excluding steroid dienone is 1. The van der Waals surface area contributed by atoms with Crippen molar-refractivity contribution in [3.8, 4) is 0 Å². The third-order valence-electron chi connectivity index (χ3n) is 4.31. The molecule has 1 heterocycles. The van der Waals surface area contributed by atoms with Gasteiger partial charge < -0.3 is 14.6 Å². The molecule has 1 amide bonds. The molecule has 3 atom stereocenters. The summed E-state index contributed by atoms with van der Waals surface area (Å²) in [6, 6.07) is 2.70. The van der Waals surface area contributed by atoms with Gasteiger partial charge in [-0.25, -0.2) is 18.4 Å². The summed E-state index contributed by atoms with van der Waals surface area (Å²) in [5.74, 6) is -3.58. The number of aliphatic carboxylic acids is 1.